The summed E-state index contributed by atoms with van der Waals surface area (Å²) < 4.78 is 12.8. The van der Waals surface area contributed by atoms with Crippen LogP contribution in [0.4, 0.5) is 0 Å². The molecule has 0 radical (unpaired) electrons. The molecule has 0 aromatic carbocycles. The van der Waals surface area contributed by atoms with Gasteiger partial charge in [-0.05, 0) is 0 Å². The molecule has 96 valence electrons. The number of ether oxygens (including phenoxy) is 2. The molecule has 2 aromatic rings. The summed E-state index contributed by atoms with van der Waals surface area (Å²) in [6.45, 7) is 2.30. The molecule has 1 N–H and O–H groups in total. The van der Waals surface area contributed by atoms with E-state index in [9.17, 15) is 0 Å². The normalized spacial score (nSPS) is 20.2. The predicted molar refractivity (Wildman–Crippen MR) is 66.6 cm³/mol. The van der Waals surface area contributed by atoms with Crippen LogP contribution in [0.1, 0.15) is 11.6 Å². The van der Waals surface area contributed by atoms with Gasteiger partial charge in [-0.3, -0.25) is 0 Å². The van der Waals surface area contributed by atoms with E-state index < -0.39 is 0 Å². The van der Waals surface area contributed by atoms with Crippen molar-refractivity contribution >= 4 is 11.0 Å². The fourth-order valence-corrected chi connectivity index (χ4v) is 2.40. The SMILES string of the molecule is COc1ncnc2c(C3COCCN3)cn(C)c12. The third-order valence-corrected chi connectivity index (χ3v) is 3.24. The van der Waals surface area contributed by atoms with Gasteiger partial charge >= 0.3 is 0 Å². The van der Waals surface area contributed by atoms with Gasteiger partial charge < -0.3 is 19.4 Å². The number of hydrogen-bond donors (Lipinski definition) is 1. The average Bonchev–Trinajstić information content (AvgIpc) is 2.77. The van der Waals surface area contributed by atoms with Gasteiger partial charge in [0.15, 0.2) is 0 Å². The Labute approximate surface area is 105 Å². The van der Waals surface area contributed by atoms with Gasteiger partial charge in [-0.25, -0.2) is 4.98 Å². The summed E-state index contributed by atoms with van der Waals surface area (Å²) in [5, 5.41) is 3.44. The molecule has 6 heteroatoms. The summed E-state index contributed by atoms with van der Waals surface area (Å²) in [6, 6.07) is 0.182. The largest absolute Gasteiger partial charge is 0.479 e. The van der Waals surface area contributed by atoms with Crippen LogP contribution in [0.5, 0.6) is 5.88 Å². The van der Waals surface area contributed by atoms with Crippen molar-refractivity contribution in [2.45, 2.75) is 6.04 Å². The zero-order valence-electron chi connectivity index (χ0n) is 10.5. The first-order valence-electron chi connectivity index (χ1n) is 5.96. The fourth-order valence-electron chi connectivity index (χ4n) is 2.40. The second kappa shape index (κ2) is 4.55. The number of aromatic nitrogens is 3. The quantitative estimate of drug-likeness (QED) is 0.845. The van der Waals surface area contributed by atoms with E-state index in [1.54, 1.807) is 7.11 Å². The molecule has 1 aliphatic rings. The lowest BCUT2D eigenvalue weighted by atomic mass is 10.1. The highest BCUT2D eigenvalue weighted by Gasteiger charge is 2.22. The van der Waals surface area contributed by atoms with Crippen molar-refractivity contribution in [3.8, 4) is 5.88 Å². The summed E-state index contributed by atoms with van der Waals surface area (Å²) in [7, 11) is 3.60. The third-order valence-electron chi connectivity index (χ3n) is 3.24. The van der Waals surface area contributed by atoms with E-state index in [0.29, 0.717) is 12.5 Å². The Morgan fingerprint density at radius 1 is 1.50 bits per heavy atom. The Balaban J connectivity index is 2.12. The maximum atomic E-state index is 5.50. The molecular formula is C12H16N4O2. The Morgan fingerprint density at radius 3 is 3.11 bits per heavy atom. The van der Waals surface area contributed by atoms with Crippen molar-refractivity contribution in [1.29, 1.82) is 0 Å². The lowest BCUT2D eigenvalue weighted by Crippen LogP contribution is -2.34. The molecule has 0 aliphatic carbocycles. The number of rotatable bonds is 2. The molecule has 1 saturated heterocycles. The van der Waals surface area contributed by atoms with Crippen molar-refractivity contribution in [2.24, 2.45) is 7.05 Å². The van der Waals surface area contributed by atoms with Gasteiger partial charge in [-0.15, -0.1) is 0 Å². The number of nitrogens with zero attached hydrogens (tertiary/aromatic N) is 3. The minimum atomic E-state index is 0.182. The van der Waals surface area contributed by atoms with E-state index in [1.165, 1.54) is 6.33 Å². The van der Waals surface area contributed by atoms with E-state index >= 15 is 0 Å². The topological polar surface area (TPSA) is 61.2 Å². The van der Waals surface area contributed by atoms with E-state index in [-0.39, 0.29) is 6.04 Å². The Hall–Kier alpha value is -1.66. The number of fused-ring (bicyclic) bond motifs is 1. The molecule has 0 spiro atoms. The summed E-state index contributed by atoms with van der Waals surface area (Å²) in [6.07, 6.45) is 3.60. The summed E-state index contributed by atoms with van der Waals surface area (Å²) >= 11 is 0. The molecule has 1 aliphatic heterocycles. The van der Waals surface area contributed by atoms with E-state index in [4.69, 9.17) is 9.47 Å². The smallest absolute Gasteiger partial charge is 0.241 e. The number of aryl methyl sites for hydroxylation is 1. The summed E-state index contributed by atoms with van der Waals surface area (Å²) in [4.78, 5) is 8.52. The van der Waals surface area contributed by atoms with Crippen LogP contribution in [0.25, 0.3) is 11.0 Å². The van der Waals surface area contributed by atoms with Gasteiger partial charge in [0.05, 0.1) is 26.4 Å². The van der Waals surface area contributed by atoms with Crippen LogP contribution < -0.4 is 10.1 Å². The van der Waals surface area contributed by atoms with Gasteiger partial charge in [-0.1, -0.05) is 0 Å². The maximum absolute atomic E-state index is 5.50. The van der Waals surface area contributed by atoms with Crippen molar-refractivity contribution in [3.63, 3.8) is 0 Å². The van der Waals surface area contributed by atoms with Crippen LogP contribution in [0.15, 0.2) is 12.5 Å². The van der Waals surface area contributed by atoms with Gasteiger partial charge in [0.1, 0.15) is 17.4 Å². The van der Waals surface area contributed by atoms with Gasteiger partial charge in [0, 0.05) is 25.4 Å². The van der Waals surface area contributed by atoms with Crippen LogP contribution in [0.2, 0.25) is 0 Å². The van der Waals surface area contributed by atoms with Gasteiger partial charge in [0.25, 0.3) is 0 Å². The van der Waals surface area contributed by atoms with E-state index in [0.717, 1.165) is 29.7 Å². The Morgan fingerprint density at radius 2 is 2.39 bits per heavy atom. The lowest BCUT2D eigenvalue weighted by molar-refractivity contribution is 0.0772. The monoisotopic (exact) mass is 248 g/mol. The molecule has 6 nitrogen and oxygen atoms in total. The zero-order chi connectivity index (χ0) is 12.5. The summed E-state index contributed by atoms with van der Waals surface area (Å²) in [5.74, 6) is 0.602. The number of nitrogens with one attached hydrogen (secondary N) is 1. The molecule has 18 heavy (non-hydrogen) atoms. The predicted octanol–water partition coefficient (Wildman–Crippen LogP) is 0.638. The minimum Gasteiger partial charge on any atom is -0.479 e. The van der Waals surface area contributed by atoms with E-state index in [2.05, 4.69) is 21.5 Å². The number of methoxy groups -OCH3 is 1. The Bertz CT molecular complexity index is 560. The molecule has 1 unspecified atom stereocenters. The van der Waals surface area contributed by atoms with Crippen molar-refractivity contribution < 1.29 is 9.47 Å². The second-order valence-corrected chi connectivity index (χ2v) is 4.36. The summed E-state index contributed by atoms with van der Waals surface area (Å²) in [5.41, 5.74) is 2.97. The standard InChI is InChI=1S/C12H16N4O2/c1-16-5-8(9-6-18-4-3-13-9)10-11(16)12(17-2)15-7-14-10/h5,7,9,13H,3-4,6H2,1-2H3. The highest BCUT2D eigenvalue weighted by molar-refractivity contribution is 5.84. The van der Waals surface area contributed by atoms with Crippen LogP contribution in [-0.4, -0.2) is 41.4 Å². The maximum Gasteiger partial charge on any atom is 0.241 e. The van der Waals surface area contributed by atoms with E-state index in [1.807, 2.05) is 11.6 Å². The van der Waals surface area contributed by atoms with Crippen molar-refractivity contribution in [2.75, 3.05) is 26.9 Å². The second-order valence-electron chi connectivity index (χ2n) is 4.36. The van der Waals surface area contributed by atoms with Gasteiger partial charge in [-0.2, -0.15) is 4.98 Å². The highest BCUT2D eigenvalue weighted by Crippen LogP contribution is 2.29. The molecule has 1 fully saturated rings. The lowest BCUT2D eigenvalue weighted by Gasteiger charge is -2.23. The van der Waals surface area contributed by atoms with Crippen LogP contribution in [0, 0.1) is 0 Å². The number of hydrogen-bond acceptors (Lipinski definition) is 5. The molecular weight excluding hydrogens is 232 g/mol. The molecule has 0 amide bonds. The first-order chi connectivity index (χ1) is 8.81. The van der Waals surface area contributed by atoms with Crippen molar-refractivity contribution in [1.82, 2.24) is 19.9 Å². The van der Waals surface area contributed by atoms with Crippen LogP contribution in [-0.2, 0) is 11.8 Å². The average molecular weight is 248 g/mol. The molecule has 3 rings (SSSR count). The first-order valence-corrected chi connectivity index (χ1v) is 5.96. The van der Waals surface area contributed by atoms with Crippen LogP contribution in [0.3, 0.4) is 0 Å². The van der Waals surface area contributed by atoms with Crippen LogP contribution >= 0.6 is 0 Å². The molecule has 0 saturated carbocycles. The Kier molecular flexibility index (Phi) is 2.89. The number of morpholine rings is 1. The molecule has 1 atom stereocenters. The first kappa shape index (κ1) is 11.4. The fraction of sp³-hybridized carbons (Fsp3) is 0.500. The zero-order valence-corrected chi connectivity index (χ0v) is 10.5. The molecule has 0 bridgehead atoms. The molecule has 2 aromatic heterocycles. The highest BCUT2D eigenvalue weighted by atomic mass is 16.5. The molecule has 3 heterocycles. The van der Waals surface area contributed by atoms with Crippen molar-refractivity contribution in [3.05, 3.63) is 18.1 Å². The minimum absolute atomic E-state index is 0.182. The van der Waals surface area contributed by atoms with Gasteiger partial charge in [0.2, 0.25) is 5.88 Å². The third kappa shape index (κ3) is 1.74.